The van der Waals surface area contributed by atoms with Gasteiger partial charge in [-0.15, -0.1) is 0 Å². The summed E-state index contributed by atoms with van der Waals surface area (Å²) in [6.07, 6.45) is 6.75. The predicted octanol–water partition coefficient (Wildman–Crippen LogP) is 3.16. The van der Waals surface area contributed by atoms with Crippen LogP contribution in [0.2, 0.25) is 0 Å². The van der Waals surface area contributed by atoms with Gasteiger partial charge in [0.15, 0.2) is 0 Å². The van der Waals surface area contributed by atoms with Gasteiger partial charge in [-0.2, -0.15) is 0 Å². The van der Waals surface area contributed by atoms with E-state index >= 15 is 0 Å². The quantitative estimate of drug-likeness (QED) is 0.593. The van der Waals surface area contributed by atoms with E-state index in [9.17, 15) is 0 Å². The molecule has 0 saturated heterocycles. The molecule has 66 valence electrons. The van der Waals surface area contributed by atoms with E-state index in [1.807, 2.05) is 19.9 Å². The fourth-order valence-corrected chi connectivity index (χ4v) is 0.971. The Morgan fingerprint density at radius 3 is 2.42 bits per heavy atom. The van der Waals surface area contributed by atoms with Gasteiger partial charge in [-0.05, 0) is 18.1 Å². The van der Waals surface area contributed by atoms with Crippen LogP contribution in [0, 0.1) is 0 Å². The van der Waals surface area contributed by atoms with Crippen molar-refractivity contribution in [3.63, 3.8) is 0 Å². The first-order valence-corrected chi connectivity index (χ1v) is 4.38. The van der Waals surface area contributed by atoms with Crippen LogP contribution in [-0.2, 0) is 0 Å². The van der Waals surface area contributed by atoms with Crippen molar-refractivity contribution in [2.75, 3.05) is 6.54 Å². The average Bonchev–Trinajstić information content (AvgIpc) is 2.20. The number of rotatable bonds is 2. The van der Waals surface area contributed by atoms with Gasteiger partial charge >= 0.3 is 0 Å². The molecule has 12 heavy (non-hydrogen) atoms. The van der Waals surface area contributed by atoms with Crippen LogP contribution in [-0.4, -0.2) is 12.3 Å². The Labute approximate surface area is 75.2 Å². The number of allylic oxidation sites excluding steroid dienone is 3. The van der Waals surface area contributed by atoms with Crippen LogP contribution in [0.25, 0.3) is 0 Å². The van der Waals surface area contributed by atoms with Gasteiger partial charge in [-0.25, -0.2) is 0 Å². The fourth-order valence-electron chi connectivity index (χ4n) is 0.971. The summed E-state index contributed by atoms with van der Waals surface area (Å²) in [6, 6.07) is 0. The van der Waals surface area contributed by atoms with Gasteiger partial charge < -0.3 is 0 Å². The molecule has 1 heterocycles. The van der Waals surface area contributed by atoms with Crippen molar-refractivity contribution in [1.29, 1.82) is 0 Å². The number of hydrogen-bond donors (Lipinski definition) is 0. The molecule has 0 fully saturated rings. The molecule has 1 aliphatic rings. The molecule has 0 radical (unpaired) electrons. The van der Waals surface area contributed by atoms with E-state index in [0.29, 0.717) is 0 Å². The summed E-state index contributed by atoms with van der Waals surface area (Å²) in [5, 5.41) is 0. The van der Waals surface area contributed by atoms with Crippen molar-refractivity contribution in [2.24, 2.45) is 4.99 Å². The van der Waals surface area contributed by atoms with Crippen LogP contribution in [0.4, 0.5) is 0 Å². The van der Waals surface area contributed by atoms with Gasteiger partial charge in [-0.1, -0.05) is 39.2 Å². The maximum absolute atomic E-state index is 4.26. The van der Waals surface area contributed by atoms with Gasteiger partial charge in [0, 0.05) is 6.54 Å². The number of hydrogen-bond acceptors (Lipinski definition) is 1. The second-order valence-corrected chi connectivity index (χ2v) is 2.12. The van der Waals surface area contributed by atoms with Gasteiger partial charge in [0.05, 0.1) is 5.71 Å². The van der Waals surface area contributed by atoms with Crippen LogP contribution < -0.4 is 0 Å². The van der Waals surface area contributed by atoms with Crippen LogP contribution >= 0.6 is 0 Å². The van der Waals surface area contributed by atoms with Crippen molar-refractivity contribution in [1.82, 2.24) is 0 Å². The zero-order valence-electron chi connectivity index (χ0n) is 8.01. The fraction of sp³-hybridized carbons (Fsp3) is 0.364. The largest absolute Gasteiger partial charge is 0.284 e. The van der Waals surface area contributed by atoms with Crippen molar-refractivity contribution in [3.05, 3.63) is 37.0 Å². The van der Waals surface area contributed by atoms with E-state index < -0.39 is 0 Å². The lowest BCUT2D eigenvalue weighted by Crippen LogP contribution is -2.02. The second kappa shape index (κ2) is 6.59. The number of aliphatic imine (C=N–C) groups is 1. The summed E-state index contributed by atoms with van der Waals surface area (Å²) < 4.78 is 0. The molecule has 1 nitrogen and oxygen atoms in total. The van der Waals surface area contributed by atoms with Crippen molar-refractivity contribution < 1.29 is 0 Å². The molecule has 0 aromatic heterocycles. The topological polar surface area (TPSA) is 12.4 Å². The Balaban J connectivity index is 0.000000561. The Hall–Kier alpha value is -1.11. The Morgan fingerprint density at radius 2 is 2.00 bits per heavy atom. The Bertz CT molecular complexity index is 185. The molecule has 0 aromatic carbocycles. The molecule has 0 amide bonds. The van der Waals surface area contributed by atoms with Crippen molar-refractivity contribution in [3.8, 4) is 0 Å². The Kier molecular flexibility index (Phi) is 5.98. The third-order valence-electron chi connectivity index (χ3n) is 1.48. The van der Waals surface area contributed by atoms with Crippen LogP contribution in [0.3, 0.4) is 0 Å². The molecule has 0 unspecified atom stereocenters. The molecule has 0 aromatic rings. The van der Waals surface area contributed by atoms with E-state index in [1.54, 1.807) is 6.08 Å². The minimum atomic E-state index is 0.888. The molecule has 0 saturated carbocycles. The van der Waals surface area contributed by atoms with E-state index in [0.717, 1.165) is 24.3 Å². The lowest BCUT2D eigenvalue weighted by Gasteiger charge is -2.06. The van der Waals surface area contributed by atoms with Crippen LogP contribution in [0.15, 0.2) is 42.0 Å². The Morgan fingerprint density at radius 1 is 1.33 bits per heavy atom. The highest BCUT2D eigenvalue weighted by molar-refractivity contribution is 6.10. The molecule has 0 aliphatic carbocycles. The normalized spacial score (nSPS) is 14.8. The zero-order valence-corrected chi connectivity index (χ0v) is 8.01. The highest BCUT2D eigenvalue weighted by atomic mass is 14.7. The molecule has 1 rings (SSSR count). The van der Waals surface area contributed by atoms with Gasteiger partial charge in [0.1, 0.15) is 0 Å². The van der Waals surface area contributed by atoms with Gasteiger partial charge in [0.2, 0.25) is 0 Å². The molecular formula is C11H17N. The molecule has 0 spiro atoms. The van der Waals surface area contributed by atoms with E-state index in [-0.39, 0.29) is 0 Å². The zero-order chi connectivity index (χ0) is 9.40. The SMILES string of the molecule is C=CC1=CCCN=C1C=C.CC. The third-order valence-corrected chi connectivity index (χ3v) is 1.48. The average molecular weight is 163 g/mol. The standard InChI is InChI=1S/C9H11N.C2H6/c1-3-8-6-5-7-10-9(8)4-2;1-2/h3-4,6H,1-2,5,7H2;1-2H3. The smallest absolute Gasteiger partial charge is 0.0637 e. The first-order chi connectivity index (χ1) is 5.88. The second-order valence-electron chi connectivity index (χ2n) is 2.12. The minimum absolute atomic E-state index is 0.888. The number of nitrogens with zero attached hydrogens (tertiary/aromatic N) is 1. The highest BCUT2D eigenvalue weighted by Crippen LogP contribution is 2.08. The summed E-state index contributed by atoms with van der Waals surface area (Å²) in [5.41, 5.74) is 2.09. The highest BCUT2D eigenvalue weighted by Gasteiger charge is 2.01. The maximum atomic E-state index is 4.26. The summed E-state index contributed by atoms with van der Waals surface area (Å²) in [7, 11) is 0. The van der Waals surface area contributed by atoms with Gasteiger partial charge in [0.25, 0.3) is 0 Å². The predicted molar refractivity (Wildman–Crippen MR) is 56.7 cm³/mol. The third kappa shape index (κ3) is 2.87. The van der Waals surface area contributed by atoms with Crippen LogP contribution in [0.1, 0.15) is 20.3 Å². The molecule has 0 N–H and O–H groups in total. The summed E-state index contributed by atoms with van der Waals surface area (Å²) in [4.78, 5) is 4.26. The van der Waals surface area contributed by atoms with E-state index in [2.05, 4.69) is 24.2 Å². The van der Waals surface area contributed by atoms with Crippen molar-refractivity contribution in [2.45, 2.75) is 20.3 Å². The summed E-state index contributed by atoms with van der Waals surface area (Å²) in [5.74, 6) is 0. The summed E-state index contributed by atoms with van der Waals surface area (Å²) >= 11 is 0. The lowest BCUT2D eigenvalue weighted by atomic mass is 10.1. The first-order valence-electron chi connectivity index (χ1n) is 4.38. The van der Waals surface area contributed by atoms with E-state index in [1.165, 1.54) is 0 Å². The molecule has 1 aliphatic heterocycles. The lowest BCUT2D eigenvalue weighted by molar-refractivity contribution is 0.988. The number of dihydropyridines is 1. The van der Waals surface area contributed by atoms with E-state index in [4.69, 9.17) is 0 Å². The summed E-state index contributed by atoms with van der Waals surface area (Å²) in [6.45, 7) is 12.2. The van der Waals surface area contributed by atoms with Crippen LogP contribution in [0.5, 0.6) is 0 Å². The molecule has 0 atom stereocenters. The first kappa shape index (κ1) is 10.9. The van der Waals surface area contributed by atoms with Gasteiger partial charge in [-0.3, -0.25) is 4.99 Å². The maximum Gasteiger partial charge on any atom is 0.0637 e. The molecule has 1 heteroatoms. The van der Waals surface area contributed by atoms with Crippen molar-refractivity contribution >= 4 is 5.71 Å². The minimum Gasteiger partial charge on any atom is -0.284 e. The molecular weight excluding hydrogens is 146 g/mol. The molecule has 0 bridgehead atoms. The monoisotopic (exact) mass is 163 g/mol.